The Labute approximate surface area is 84.3 Å². The summed E-state index contributed by atoms with van der Waals surface area (Å²) in [6, 6.07) is 0. The van der Waals surface area contributed by atoms with Crippen molar-refractivity contribution in [2.75, 3.05) is 0 Å². The summed E-state index contributed by atoms with van der Waals surface area (Å²) in [5, 5.41) is 0. The van der Waals surface area contributed by atoms with E-state index in [1.165, 1.54) is 31.3 Å². The van der Waals surface area contributed by atoms with Crippen molar-refractivity contribution in [3.8, 4) is 0 Å². The van der Waals surface area contributed by atoms with E-state index in [0.717, 1.165) is 24.8 Å². The predicted molar refractivity (Wildman–Crippen MR) is 52.7 cm³/mol. The third-order valence-corrected chi connectivity index (χ3v) is 3.92. The molecule has 0 aromatic rings. The van der Waals surface area contributed by atoms with Gasteiger partial charge in [0.25, 0.3) is 0 Å². The van der Waals surface area contributed by atoms with Crippen LogP contribution in [0.4, 0.5) is 0 Å². The van der Waals surface area contributed by atoms with Crippen LogP contribution in [-0.2, 0) is 9.53 Å². The van der Waals surface area contributed by atoms with Crippen molar-refractivity contribution < 1.29 is 9.53 Å². The van der Waals surface area contributed by atoms with Gasteiger partial charge in [0.15, 0.2) is 0 Å². The van der Waals surface area contributed by atoms with Crippen LogP contribution in [0.25, 0.3) is 0 Å². The fraction of sp³-hybridized carbons (Fsp3) is 0.750. The van der Waals surface area contributed by atoms with Gasteiger partial charge in [0, 0.05) is 11.5 Å². The van der Waals surface area contributed by atoms with Crippen molar-refractivity contribution in [1.82, 2.24) is 0 Å². The minimum atomic E-state index is 0.000602. The van der Waals surface area contributed by atoms with E-state index in [1.807, 2.05) is 0 Å². The number of esters is 1. The lowest BCUT2D eigenvalue weighted by atomic mass is 9.78. The molecule has 0 unspecified atom stereocenters. The van der Waals surface area contributed by atoms with E-state index in [1.54, 1.807) is 0 Å². The Morgan fingerprint density at radius 1 is 1.07 bits per heavy atom. The molecule has 2 nitrogen and oxygen atoms in total. The Balaban J connectivity index is 1.96. The second-order valence-corrected chi connectivity index (χ2v) is 4.69. The van der Waals surface area contributed by atoms with Crippen LogP contribution in [0.2, 0.25) is 0 Å². The molecule has 0 N–H and O–H groups in total. The molecule has 3 aliphatic rings. The number of ether oxygens (including phenoxy) is 1. The largest absolute Gasteiger partial charge is 0.458 e. The lowest BCUT2D eigenvalue weighted by Crippen LogP contribution is -2.36. The molecule has 2 heteroatoms. The van der Waals surface area contributed by atoms with Gasteiger partial charge in [-0.25, -0.2) is 4.79 Å². The van der Waals surface area contributed by atoms with Gasteiger partial charge in [-0.2, -0.15) is 0 Å². The van der Waals surface area contributed by atoms with Gasteiger partial charge >= 0.3 is 5.97 Å². The zero-order valence-electron chi connectivity index (χ0n) is 8.42. The number of hydrogen-bond acceptors (Lipinski definition) is 2. The molecule has 0 radical (unpaired) electrons. The van der Waals surface area contributed by atoms with Crippen LogP contribution in [0.15, 0.2) is 11.1 Å². The number of fused-ring (bicyclic) bond motifs is 2. The molecule has 2 atom stereocenters. The maximum atomic E-state index is 11.7. The molecular formula is C12H16O2. The van der Waals surface area contributed by atoms with Crippen molar-refractivity contribution in [2.45, 2.75) is 51.0 Å². The first-order valence-electron chi connectivity index (χ1n) is 5.79. The minimum absolute atomic E-state index is 0.000602. The number of carbonyl (C=O) groups excluding carboxylic acids is 1. The highest BCUT2D eigenvalue weighted by molar-refractivity contribution is 5.91. The molecule has 0 spiro atoms. The average molecular weight is 192 g/mol. The van der Waals surface area contributed by atoms with E-state index in [-0.39, 0.29) is 12.1 Å². The maximum Gasteiger partial charge on any atom is 0.334 e. The Morgan fingerprint density at radius 2 is 1.93 bits per heavy atom. The number of hydrogen-bond donors (Lipinski definition) is 0. The molecule has 0 aromatic heterocycles. The van der Waals surface area contributed by atoms with E-state index in [0.29, 0.717) is 5.92 Å². The number of carbonyl (C=O) groups is 1. The molecule has 3 rings (SSSR count). The van der Waals surface area contributed by atoms with Crippen molar-refractivity contribution in [1.29, 1.82) is 0 Å². The first-order chi connectivity index (χ1) is 6.86. The van der Waals surface area contributed by atoms with Gasteiger partial charge in [0.2, 0.25) is 0 Å². The van der Waals surface area contributed by atoms with Gasteiger partial charge in [-0.3, -0.25) is 0 Å². The van der Waals surface area contributed by atoms with Crippen molar-refractivity contribution in [3.05, 3.63) is 11.1 Å². The standard InChI is InChI=1S/C12H16O2/c13-12-10-6-3-5-8(10)9-4-1-2-7-11(9)14-12/h9,11H,1-7H2/t9-,11+/m0/s1. The smallest absolute Gasteiger partial charge is 0.334 e. The molecular weight excluding hydrogens is 176 g/mol. The Bertz CT molecular complexity index is 303. The summed E-state index contributed by atoms with van der Waals surface area (Å²) in [7, 11) is 0. The van der Waals surface area contributed by atoms with Gasteiger partial charge in [0.05, 0.1) is 0 Å². The summed E-state index contributed by atoms with van der Waals surface area (Å²) in [5.74, 6) is 0.597. The molecule has 1 heterocycles. The van der Waals surface area contributed by atoms with E-state index in [2.05, 4.69) is 0 Å². The number of rotatable bonds is 0. The Kier molecular flexibility index (Phi) is 1.89. The van der Waals surface area contributed by atoms with Gasteiger partial charge in [-0.05, 0) is 38.5 Å². The van der Waals surface area contributed by atoms with Gasteiger partial charge < -0.3 is 4.74 Å². The monoisotopic (exact) mass is 192 g/mol. The third-order valence-electron chi connectivity index (χ3n) is 3.92. The van der Waals surface area contributed by atoms with E-state index < -0.39 is 0 Å². The fourth-order valence-electron chi connectivity index (χ4n) is 3.25. The zero-order chi connectivity index (χ0) is 9.54. The van der Waals surface area contributed by atoms with E-state index in [9.17, 15) is 4.79 Å². The van der Waals surface area contributed by atoms with Crippen LogP contribution in [-0.4, -0.2) is 12.1 Å². The summed E-state index contributed by atoms with van der Waals surface area (Å²) < 4.78 is 5.51. The summed E-state index contributed by atoms with van der Waals surface area (Å²) in [6.07, 6.45) is 8.41. The zero-order valence-corrected chi connectivity index (χ0v) is 8.42. The van der Waals surface area contributed by atoms with Crippen LogP contribution < -0.4 is 0 Å². The van der Waals surface area contributed by atoms with Crippen LogP contribution in [0.3, 0.4) is 0 Å². The summed E-state index contributed by atoms with van der Waals surface area (Å²) in [4.78, 5) is 11.7. The topological polar surface area (TPSA) is 26.3 Å². The highest BCUT2D eigenvalue weighted by Crippen LogP contribution is 2.44. The van der Waals surface area contributed by atoms with Crippen LogP contribution in [0, 0.1) is 5.92 Å². The molecule has 76 valence electrons. The quantitative estimate of drug-likeness (QED) is 0.551. The van der Waals surface area contributed by atoms with Crippen LogP contribution in [0.1, 0.15) is 44.9 Å². The average Bonchev–Trinajstić information content (AvgIpc) is 2.67. The molecule has 0 amide bonds. The lowest BCUT2D eigenvalue weighted by molar-refractivity contribution is -0.150. The highest BCUT2D eigenvalue weighted by atomic mass is 16.5. The van der Waals surface area contributed by atoms with Crippen LogP contribution in [0.5, 0.6) is 0 Å². The molecule has 0 aromatic carbocycles. The summed E-state index contributed by atoms with van der Waals surface area (Å²) in [5.41, 5.74) is 2.50. The molecule has 1 fully saturated rings. The molecule has 2 aliphatic carbocycles. The molecule has 0 saturated heterocycles. The molecule has 1 saturated carbocycles. The predicted octanol–water partition coefficient (Wildman–Crippen LogP) is 2.58. The van der Waals surface area contributed by atoms with Gasteiger partial charge in [0.1, 0.15) is 6.10 Å². The first-order valence-corrected chi connectivity index (χ1v) is 5.79. The lowest BCUT2D eigenvalue weighted by Gasteiger charge is -2.36. The molecule has 14 heavy (non-hydrogen) atoms. The normalized spacial score (nSPS) is 36.4. The first kappa shape index (κ1) is 8.51. The fourth-order valence-corrected chi connectivity index (χ4v) is 3.25. The van der Waals surface area contributed by atoms with E-state index >= 15 is 0 Å². The SMILES string of the molecule is O=C1O[C@@H]2CCCC[C@H]2C2=C1CCC2. The third kappa shape index (κ3) is 1.13. The Hall–Kier alpha value is -0.790. The van der Waals surface area contributed by atoms with Gasteiger partial charge in [-0.15, -0.1) is 0 Å². The summed E-state index contributed by atoms with van der Waals surface area (Å²) >= 11 is 0. The molecule has 1 aliphatic heterocycles. The second-order valence-electron chi connectivity index (χ2n) is 4.69. The summed E-state index contributed by atoms with van der Waals surface area (Å²) in [6.45, 7) is 0. The Morgan fingerprint density at radius 3 is 2.86 bits per heavy atom. The van der Waals surface area contributed by atoms with Crippen molar-refractivity contribution in [2.24, 2.45) is 5.92 Å². The highest BCUT2D eigenvalue weighted by Gasteiger charge is 2.40. The van der Waals surface area contributed by atoms with Crippen molar-refractivity contribution in [3.63, 3.8) is 0 Å². The van der Waals surface area contributed by atoms with Crippen LogP contribution >= 0.6 is 0 Å². The molecule has 0 bridgehead atoms. The van der Waals surface area contributed by atoms with Gasteiger partial charge in [-0.1, -0.05) is 12.0 Å². The maximum absolute atomic E-state index is 11.7. The minimum Gasteiger partial charge on any atom is -0.458 e. The van der Waals surface area contributed by atoms with Crippen molar-refractivity contribution >= 4 is 5.97 Å². The second kappa shape index (κ2) is 3.11. The van der Waals surface area contributed by atoms with E-state index in [4.69, 9.17) is 4.74 Å².